The zero-order valence-corrected chi connectivity index (χ0v) is 10.0. The molecule has 0 bridgehead atoms. The van der Waals surface area contributed by atoms with Crippen LogP contribution in [0.25, 0.3) is 0 Å². The molecular weight excluding hydrogens is 196 g/mol. The predicted octanol–water partition coefficient (Wildman–Crippen LogP) is 3.35. The molecule has 5 atom stereocenters. The van der Waals surface area contributed by atoms with Crippen LogP contribution in [0.1, 0.15) is 45.4 Å². The van der Waals surface area contributed by atoms with Gasteiger partial charge in [-0.1, -0.05) is 19.1 Å². The minimum atomic E-state index is 0.0590. The van der Waals surface area contributed by atoms with Crippen LogP contribution in [-0.2, 0) is 4.79 Å². The molecule has 1 nitrogen and oxygen atoms in total. The molecule has 1 heteroatoms. The predicted molar refractivity (Wildman–Crippen MR) is 62.9 cm³/mol. The summed E-state index contributed by atoms with van der Waals surface area (Å²) in [6.07, 6.45) is 12.2. The first-order valence-electron chi connectivity index (χ1n) is 6.89. The van der Waals surface area contributed by atoms with Crippen molar-refractivity contribution in [2.45, 2.75) is 45.4 Å². The van der Waals surface area contributed by atoms with Crippen LogP contribution >= 0.6 is 0 Å². The molecule has 3 fully saturated rings. The normalized spacial score (nSPS) is 57.8. The number of carbonyl (C=O) groups excluding carboxylic acids is 1. The molecule has 16 heavy (non-hydrogen) atoms. The number of carbonyl (C=O) groups is 1. The molecule has 0 heterocycles. The molecular formula is C15H20O. The van der Waals surface area contributed by atoms with Crippen LogP contribution in [0.4, 0.5) is 0 Å². The third-order valence-corrected chi connectivity index (χ3v) is 6.55. The average Bonchev–Trinajstić information content (AvgIpc) is 2.89. The topological polar surface area (TPSA) is 17.1 Å². The van der Waals surface area contributed by atoms with Crippen LogP contribution in [0.2, 0.25) is 0 Å². The van der Waals surface area contributed by atoms with Crippen molar-refractivity contribution in [1.82, 2.24) is 0 Å². The molecule has 3 saturated carbocycles. The molecule has 0 aliphatic heterocycles. The van der Waals surface area contributed by atoms with Crippen molar-refractivity contribution in [3.8, 4) is 0 Å². The van der Waals surface area contributed by atoms with Crippen LogP contribution in [0.5, 0.6) is 0 Å². The van der Waals surface area contributed by atoms with Gasteiger partial charge in [0.05, 0.1) is 0 Å². The quantitative estimate of drug-likeness (QED) is 0.567. The molecule has 0 aromatic rings. The van der Waals surface area contributed by atoms with E-state index in [-0.39, 0.29) is 5.41 Å². The third-order valence-electron chi connectivity index (χ3n) is 6.55. The highest BCUT2D eigenvalue weighted by molar-refractivity contribution is 5.88. The van der Waals surface area contributed by atoms with Gasteiger partial charge < -0.3 is 0 Å². The molecule has 1 spiro atoms. The van der Waals surface area contributed by atoms with Crippen molar-refractivity contribution in [3.63, 3.8) is 0 Å². The highest BCUT2D eigenvalue weighted by atomic mass is 16.1. The van der Waals surface area contributed by atoms with Crippen molar-refractivity contribution in [3.05, 3.63) is 12.2 Å². The summed E-state index contributed by atoms with van der Waals surface area (Å²) in [6.45, 7) is 2.29. The summed E-state index contributed by atoms with van der Waals surface area (Å²) in [7, 11) is 0. The van der Waals surface area contributed by atoms with Gasteiger partial charge in [0.1, 0.15) is 5.78 Å². The zero-order chi connectivity index (χ0) is 11.0. The van der Waals surface area contributed by atoms with Crippen molar-refractivity contribution in [1.29, 1.82) is 0 Å². The van der Waals surface area contributed by atoms with E-state index >= 15 is 0 Å². The molecule has 0 N–H and O–H groups in total. The lowest BCUT2D eigenvalue weighted by molar-refractivity contribution is -0.128. The number of ketones is 1. The van der Waals surface area contributed by atoms with Gasteiger partial charge in [-0.15, -0.1) is 0 Å². The van der Waals surface area contributed by atoms with E-state index < -0.39 is 0 Å². The number of hydrogen-bond donors (Lipinski definition) is 0. The second kappa shape index (κ2) is 2.63. The van der Waals surface area contributed by atoms with Crippen LogP contribution in [-0.4, -0.2) is 5.78 Å². The number of Topliss-reactive ketones (excluding diaryl/α,β-unsaturated/α-hetero) is 1. The first-order valence-corrected chi connectivity index (χ1v) is 6.89. The summed E-state index contributed by atoms with van der Waals surface area (Å²) < 4.78 is 0. The Bertz CT molecular complexity index is 394. The summed E-state index contributed by atoms with van der Waals surface area (Å²) in [5, 5.41) is 0. The maximum atomic E-state index is 12.3. The Labute approximate surface area is 97.3 Å². The minimum Gasteiger partial charge on any atom is -0.299 e. The van der Waals surface area contributed by atoms with E-state index in [4.69, 9.17) is 0 Å². The lowest BCUT2D eigenvalue weighted by Crippen LogP contribution is -2.35. The van der Waals surface area contributed by atoms with Gasteiger partial charge in [0.15, 0.2) is 0 Å². The van der Waals surface area contributed by atoms with E-state index in [0.717, 1.165) is 12.3 Å². The molecule has 0 aromatic carbocycles. The van der Waals surface area contributed by atoms with E-state index in [1.807, 2.05) is 0 Å². The highest BCUT2D eigenvalue weighted by Crippen LogP contribution is 2.72. The molecule has 0 unspecified atom stereocenters. The highest BCUT2D eigenvalue weighted by Gasteiger charge is 2.68. The van der Waals surface area contributed by atoms with Gasteiger partial charge in [-0.2, -0.15) is 0 Å². The van der Waals surface area contributed by atoms with E-state index in [2.05, 4.69) is 19.1 Å². The molecule has 4 aliphatic rings. The second-order valence-corrected chi connectivity index (χ2v) is 6.72. The van der Waals surface area contributed by atoms with Gasteiger partial charge in [0.2, 0.25) is 0 Å². The molecule has 0 saturated heterocycles. The summed E-state index contributed by atoms with van der Waals surface area (Å²) in [5.41, 5.74) is 0.513. The summed E-state index contributed by atoms with van der Waals surface area (Å²) in [5.74, 6) is 2.85. The van der Waals surface area contributed by atoms with E-state index in [1.54, 1.807) is 0 Å². The summed E-state index contributed by atoms with van der Waals surface area (Å²) >= 11 is 0. The van der Waals surface area contributed by atoms with Crippen LogP contribution in [0.15, 0.2) is 12.2 Å². The Hall–Kier alpha value is -0.590. The van der Waals surface area contributed by atoms with Gasteiger partial charge in [-0.25, -0.2) is 0 Å². The van der Waals surface area contributed by atoms with E-state index in [0.29, 0.717) is 23.0 Å². The Morgan fingerprint density at radius 3 is 3.00 bits per heavy atom. The number of hydrogen-bond acceptors (Lipinski definition) is 1. The Morgan fingerprint density at radius 2 is 2.12 bits per heavy atom. The van der Waals surface area contributed by atoms with Crippen LogP contribution in [0.3, 0.4) is 0 Å². The minimum absolute atomic E-state index is 0.0590. The van der Waals surface area contributed by atoms with Crippen molar-refractivity contribution in [2.24, 2.45) is 28.6 Å². The largest absolute Gasteiger partial charge is 0.299 e. The smallest absolute Gasteiger partial charge is 0.139 e. The van der Waals surface area contributed by atoms with Gasteiger partial charge in [0, 0.05) is 11.8 Å². The second-order valence-electron chi connectivity index (χ2n) is 6.72. The number of allylic oxidation sites excluding steroid dienone is 2. The average molecular weight is 216 g/mol. The molecule has 4 rings (SSSR count). The van der Waals surface area contributed by atoms with E-state index in [9.17, 15) is 4.79 Å². The molecule has 0 radical (unpaired) electrons. The first kappa shape index (κ1) is 9.44. The van der Waals surface area contributed by atoms with Crippen molar-refractivity contribution >= 4 is 5.78 Å². The molecule has 0 amide bonds. The molecule has 4 aliphatic carbocycles. The van der Waals surface area contributed by atoms with E-state index in [1.165, 1.54) is 32.1 Å². The van der Waals surface area contributed by atoms with Gasteiger partial charge in [-0.3, -0.25) is 4.79 Å². The lowest BCUT2D eigenvalue weighted by Gasteiger charge is -2.34. The maximum absolute atomic E-state index is 12.3. The number of fused-ring (bicyclic) bond motifs is 2. The molecule has 0 aromatic heterocycles. The van der Waals surface area contributed by atoms with Crippen LogP contribution in [0, 0.1) is 28.6 Å². The maximum Gasteiger partial charge on any atom is 0.139 e. The SMILES string of the molecule is C[C@]12C(=O)CC[C@H]1C[C@@]13C=CC[C@@H]1CC[C@H]32. The van der Waals surface area contributed by atoms with Crippen LogP contribution < -0.4 is 0 Å². The van der Waals surface area contributed by atoms with Crippen molar-refractivity contribution < 1.29 is 4.79 Å². The van der Waals surface area contributed by atoms with Gasteiger partial charge in [-0.05, 0) is 55.3 Å². The monoisotopic (exact) mass is 216 g/mol. The third kappa shape index (κ3) is 0.781. The Kier molecular flexibility index (Phi) is 1.55. The molecule has 86 valence electrons. The lowest BCUT2D eigenvalue weighted by atomic mass is 9.68. The van der Waals surface area contributed by atoms with Gasteiger partial charge in [0.25, 0.3) is 0 Å². The Morgan fingerprint density at radius 1 is 1.25 bits per heavy atom. The fourth-order valence-electron chi connectivity index (χ4n) is 5.79. The van der Waals surface area contributed by atoms with Gasteiger partial charge >= 0.3 is 0 Å². The number of rotatable bonds is 0. The summed E-state index contributed by atoms with van der Waals surface area (Å²) in [6, 6.07) is 0. The Balaban J connectivity index is 1.85. The fourth-order valence-corrected chi connectivity index (χ4v) is 5.79. The first-order chi connectivity index (χ1) is 7.68. The fraction of sp³-hybridized carbons (Fsp3) is 0.800. The zero-order valence-electron chi connectivity index (χ0n) is 10.0. The summed E-state index contributed by atoms with van der Waals surface area (Å²) in [4.78, 5) is 12.3. The standard InChI is InChI=1S/C15H20O/c1-14-11(5-7-13(14)16)9-15-8-2-3-10(15)4-6-12(14)15/h2,8,10-12H,3-7,9H2,1H3/t10-,11+,12+,14+,15+/m1/s1. The van der Waals surface area contributed by atoms with Crippen molar-refractivity contribution in [2.75, 3.05) is 0 Å².